The number of methoxy groups -OCH3 is 1. The summed E-state index contributed by atoms with van der Waals surface area (Å²) < 4.78 is 67.9. The molecule has 0 bridgehead atoms. The smallest absolute Gasteiger partial charge is 0.255 e. The average Bonchev–Trinajstić information content (AvgIpc) is 3.56. The summed E-state index contributed by atoms with van der Waals surface area (Å²) in [4.78, 5) is 13.1. The number of ether oxygens (including phenoxy) is 1. The minimum atomic E-state index is -4.08. The first-order chi connectivity index (χ1) is 23.9. The van der Waals surface area contributed by atoms with Crippen molar-refractivity contribution < 1.29 is 30.8 Å². The molecule has 0 unspecified atom stereocenters. The molecule has 4 aromatic carbocycles. The van der Waals surface area contributed by atoms with Crippen LogP contribution in [0, 0.1) is 6.92 Å². The van der Waals surface area contributed by atoms with Crippen molar-refractivity contribution in [2.75, 3.05) is 13.7 Å². The second kappa shape index (κ2) is 16.3. The van der Waals surface area contributed by atoms with E-state index in [1.165, 1.54) is 41.9 Å². The van der Waals surface area contributed by atoms with Crippen molar-refractivity contribution in [1.82, 2.24) is 14.0 Å². The first kappa shape index (κ1) is 36.5. The number of sulfonamides is 2. The number of benzene rings is 4. The molecule has 0 saturated heterocycles. The van der Waals surface area contributed by atoms with Crippen molar-refractivity contribution >= 4 is 43.8 Å². The predicted molar refractivity (Wildman–Crippen MR) is 191 cm³/mol. The molecule has 14 heteroatoms. The number of amides is 1. The van der Waals surface area contributed by atoms with E-state index in [4.69, 9.17) is 20.8 Å². The van der Waals surface area contributed by atoms with Crippen LogP contribution in [0.25, 0.3) is 0 Å². The Balaban J connectivity index is 1.28. The van der Waals surface area contributed by atoms with Crippen LogP contribution in [-0.2, 0) is 44.5 Å². The highest BCUT2D eigenvalue weighted by atomic mass is 35.5. The topological polar surface area (TPSA) is 139 Å². The molecule has 0 fully saturated rings. The number of hydrogen-bond donors (Lipinski definition) is 1. The summed E-state index contributed by atoms with van der Waals surface area (Å²) in [7, 11) is -6.52. The van der Waals surface area contributed by atoms with Crippen LogP contribution in [0.4, 0.5) is 0 Å². The number of carbonyl (C=O) groups is 1. The van der Waals surface area contributed by atoms with Gasteiger partial charge in [-0.1, -0.05) is 71.8 Å². The summed E-state index contributed by atoms with van der Waals surface area (Å²) in [5.41, 5.74) is 4.71. The maximum absolute atomic E-state index is 13.7. The lowest BCUT2D eigenvalue weighted by Gasteiger charge is -2.21. The van der Waals surface area contributed by atoms with E-state index in [1.54, 1.807) is 84.9 Å². The van der Waals surface area contributed by atoms with Gasteiger partial charge in [-0.05, 0) is 78.7 Å². The van der Waals surface area contributed by atoms with Crippen LogP contribution in [0.5, 0.6) is 5.75 Å². The molecule has 11 nitrogen and oxygen atoms in total. The van der Waals surface area contributed by atoms with Crippen molar-refractivity contribution in [3.63, 3.8) is 0 Å². The molecule has 0 radical (unpaired) electrons. The molecule has 0 saturated carbocycles. The summed E-state index contributed by atoms with van der Waals surface area (Å²) in [6.07, 6.45) is 1.25. The van der Waals surface area contributed by atoms with Gasteiger partial charge in [0.1, 0.15) is 17.3 Å². The number of nitrogens with zero attached hydrogens (tertiary/aromatic N) is 3. The SMILES string of the molecule is COc1ccc(S(=O)(=O)N(CC(=O)N/N=C\c2ccc(CN(Cc3ccc(Cl)cc3)S(=O)(=O)c3ccc(C)cc3)o2)Cc2ccccc2)cc1. The van der Waals surface area contributed by atoms with Gasteiger partial charge in [0.05, 0.1) is 36.2 Å². The quantitative estimate of drug-likeness (QED) is 0.103. The van der Waals surface area contributed by atoms with Crippen LogP contribution in [-0.4, -0.2) is 51.2 Å². The number of rotatable bonds is 15. The van der Waals surface area contributed by atoms with Crippen LogP contribution in [0.2, 0.25) is 5.02 Å². The molecular formula is C36H35ClN4O7S2. The number of hydrogen-bond acceptors (Lipinski definition) is 8. The highest BCUT2D eigenvalue weighted by Gasteiger charge is 2.28. The van der Waals surface area contributed by atoms with Crippen molar-refractivity contribution in [1.29, 1.82) is 0 Å². The fourth-order valence-electron chi connectivity index (χ4n) is 4.87. The molecule has 50 heavy (non-hydrogen) atoms. The molecule has 5 aromatic rings. The molecule has 5 rings (SSSR count). The number of carbonyl (C=O) groups excluding carboxylic acids is 1. The van der Waals surface area contributed by atoms with Crippen molar-refractivity contribution in [2.45, 2.75) is 36.3 Å². The average molecular weight is 735 g/mol. The third-order valence-corrected chi connectivity index (χ3v) is 11.4. The van der Waals surface area contributed by atoms with Gasteiger partial charge in [-0.25, -0.2) is 22.3 Å². The Morgan fingerprint density at radius 1 is 0.760 bits per heavy atom. The molecule has 1 amide bonds. The second-order valence-electron chi connectivity index (χ2n) is 11.2. The lowest BCUT2D eigenvalue weighted by molar-refractivity contribution is -0.121. The molecule has 1 heterocycles. The van der Waals surface area contributed by atoms with Gasteiger partial charge >= 0.3 is 0 Å². The Labute approximate surface area is 296 Å². The zero-order valence-corrected chi connectivity index (χ0v) is 29.7. The standard InChI is InChI=1S/C36H35ClN4O7S2/c1-27-8-18-34(19-9-27)49(43,44)40(24-29-10-12-30(37)13-11-29)25-33-15-14-32(48-33)22-38-39-36(42)26-41(23-28-6-4-3-5-7-28)50(45,46)35-20-16-31(47-2)17-21-35/h3-22H,23-26H2,1-2H3,(H,39,42)/b38-22-. The molecule has 0 atom stereocenters. The Bertz CT molecular complexity index is 2140. The Morgan fingerprint density at radius 2 is 1.34 bits per heavy atom. The summed E-state index contributed by atoms with van der Waals surface area (Å²) in [5, 5.41) is 4.49. The van der Waals surface area contributed by atoms with Crippen LogP contribution >= 0.6 is 11.6 Å². The highest BCUT2D eigenvalue weighted by molar-refractivity contribution is 7.89. The van der Waals surface area contributed by atoms with Crippen LogP contribution in [0.3, 0.4) is 0 Å². The van der Waals surface area contributed by atoms with Gasteiger partial charge < -0.3 is 9.15 Å². The molecular weight excluding hydrogens is 700 g/mol. The minimum absolute atomic E-state index is 0.00291. The fraction of sp³-hybridized carbons (Fsp3) is 0.167. The van der Waals surface area contributed by atoms with Crippen molar-refractivity contribution in [3.05, 3.63) is 148 Å². The van der Waals surface area contributed by atoms with Gasteiger partial charge in [0, 0.05) is 18.1 Å². The zero-order chi connectivity index (χ0) is 35.7. The predicted octanol–water partition coefficient (Wildman–Crippen LogP) is 5.98. The Kier molecular flexibility index (Phi) is 11.9. The number of hydrazone groups is 1. The summed E-state index contributed by atoms with van der Waals surface area (Å²) in [6.45, 7) is 1.29. The summed E-state index contributed by atoms with van der Waals surface area (Å²) >= 11 is 6.04. The van der Waals surface area contributed by atoms with E-state index >= 15 is 0 Å². The van der Waals surface area contributed by atoms with Gasteiger partial charge in [0.2, 0.25) is 20.0 Å². The normalized spacial score (nSPS) is 12.1. The van der Waals surface area contributed by atoms with Gasteiger partial charge in [-0.3, -0.25) is 4.79 Å². The van der Waals surface area contributed by atoms with Crippen LogP contribution in [0.15, 0.2) is 135 Å². The van der Waals surface area contributed by atoms with Crippen LogP contribution < -0.4 is 10.2 Å². The van der Waals surface area contributed by atoms with Gasteiger partial charge in [0.25, 0.3) is 5.91 Å². The maximum Gasteiger partial charge on any atom is 0.255 e. The number of nitrogens with one attached hydrogen (secondary N) is 1. The highest BCUT2D eigenvalue weighted by Crippen LogP contribution is 2.24. The number of aryl methyl sites for hydroxylation is 1. The zero-order valence-electron chi connectivity index (χ0n) is 27.3. The summed E-state index contributed by atoms with van der Waals surface area (Å²) in [5.74, 6) is 0.391. The minimum Gasteiger partial charge on any atom is -0.497 e. The van der Waals surface area contributed by atoms with Gasteiger partial charge in [-0.2, -0.15) is 13.7 Å². The maximum atomic E-state index is 13.7. The van der Waals surface area contributed by atoms with E-state index in [0.717, 1.165) is 15.4 Å². The lowest BCUT2D eigenvalue weighted by Crippen LogP contribution is -2.39. The number of furan rings is 1. The molecule has 0 aliphatic heterocycles. The molecule has 0 aliphatic rings. The van der Waals surface area contributed by atoms with Gasteiger partial charge in [-0.15, -0.1) is 0 Å². The lowest BCUT2D eigenvalue weighted by atomic mass is 10.2. The van der Waals surface area contributed by atoms with E-state index < -0.39 is 32.5 Å². The van der Waals surface area contributed by atoms with Crippen molar-refractivity contribution in [2.24, 2.45) is 5.10 Å². The molecule has 260 valence electrons. The Morgan fingerprint density at radius 3 is 1.98 bits per heavy atom. The largest absolute Gasteiger partial charge is 0.497 e. The molecule has 1 N–H and O–H groups in total. The molecule has 0 spiro atoms. The van der Waals surface area contributed by atoms with Gasteiger partial charge in [0.15, 0.2) is 0 Å². The van der Waals surface area contributed by atoms with E-state index in [1.807, 2.05) is 13.0 Å². The second-order valence-corrected chi connectivity index (χ2v) is 15.6. The molecule has 0 aliphatic carbocycles. The third-order valence-electron chi connectivity index (χ3n) is 7.55. The fourth-order valence-corrected chi connectivity index (χ4v) is 7.78. The van der Waals surface area contributed by atoms with E-state index in [0.29, 0.717) is 22.1 Å². The number of halogens is 1. The van der Waals surface area contributed by atoms with E-state index in [2.05, 4.69) is 10.5 Å². The van der Waals surface area contributed by atoms with E-state index in [-0.39, 0.29) is 35.2 Å². The summed E-state index contributed by atoms with van der Waals surface area (Å²) in [6, 6.07) is 31.5. The first-order valence-electron chi connectivity index (χ1n) is 15.3. The van der Waals surface area contributed by atoms with E-state index in [9.17, 15) is 21.6 Å². The third kappa shape index (κ3) is 9.46. The van der Waals surface area contributed by atoms with Crippen molar-refractivity contribution in [3.8, 4) is 5.75 Å². The molecule has 1 aromatic heterocycles. The first-order valence-corrected chi connectivity index (χ1v) is 18.6. The van der Waals surface area contributed by atoms with Crippen LogP contribution in [0.1, 0.15) is 28.2 Å². The monoisotopic (exact) mass is 734 g/mol. The Hall–Kier alpha value is -4.79.